The Morgan fingerprint density at radius 1 is 1.13 bits per heavy atom. The molecule has 1 aliphatic rings. The van der Waals surface area contributed by atoms with Gasteiger partial charge in [0, 0.05) is 13.1 Å². The molecule has 0 aliphatic carbocycles. The van der Waals surface area contributed by atoms with Crippen LogP contribution in [0.1, 0.15) is 23.1 Å². The number of thioether (sulfide) groups is 1. The van der Waals surface area contributed by atoms with Crippen molar-refractivity contribution in [2.24, 2.45) is 0 Å². The van der Waals surface area contributed by atoms with Crippen molar-refractivity contribution in [2.45, 2.75) is 40.3 Å². The third-order valence-electron chi connectivity index (χ3n) is 4.20. The predicted molar refractivity (Wildman–Crippen MR) is 99.7 cm³/mol. The molecule has 0 amide bonds. The lowest BCUT2D eigenvalue weighted by atomic mass is 9.95. The van der Waals surface area contributed by atoms with Gasteiger partial charge in [-0.15, -0.1) is 0 Å². The largest absolute Gasteiger partial charge is 0.421 e. The molecule has 0 unspecified atom stereocenters. The Morgan fingerprint density at radius 2 is 1.74 bits per heavy atom. The Labute approximate surface area is 145 Å². The van der Waals surface area contributed by atoms with Crippen LogP contribution < -0.4 is 10.3 Å². The van der Waals surface area contributed by atoms with Crippen LogP contribution in [0.5, 0.6) is 5.88 Å². The molecule has 0 saturated heterocycles. The van der Waals surface area contributed by atoms with Gasteiger partial charge in [-0.25, -0.2) is 4.68 Å². The standard InChI is InChI=1S/C17H20N2O2S2/c1-10-8-11(2)13(12(3)9-10)14-15(20)18-6-5-7-19(18)16(14)21-17(22)23-4/h8-9H,5-7H2,1-4H3. The first-order valence-corrected chi connectivity index (χ1v) is 9.25. The van der Waals surface area contributed by atoms with Gasteiger partial charge in [0.05, 0.1) is 0 Å². The van der Waals surface area contributed by atoms with E-state index in [1.54, 1.807) is 4.68 Å². The van der Waals surface area contributed by atoms with Crippen LogP contribution in [0.25, 0.3) is 11.1 Å². The topological polar surface area (TPSA) is 36.2 Å². The summed E-state index contributed by atoms with van der Waals surface area (Å²) in [6.07, 6.45) is 2.83. The van der Waals surface area contributed by atoms with Crippen LogP contribution in [0.3, 0.4) is 0 Å². The van der Waals surface area contributed by atoms with Crippen LogP contribution >= 0.6 is 24.0 Å². The van der Waals surface area contributed by atoms with E-state index in [4.69, 9.17) is 17.0 Å². The number of benzene rings is 1. The summed E-state index contributed by atoms with van der Waals surface area (Å²) in [7, 11) is 0. The summed E-state index contributed by atoms with van der Waals surface area (Å²) in [5.74, 6) is 0.585. The Bertz CT molecular complexity index is 826. The van der Waals surface area contributed by atoms with Crippen molar-refractivity contribution < 1.29 is 4.74 Å². The molecule has 2 heterocycles. The third kappa shape index (κ3) is 2.74. The predicted octanol–water partition coefficient (Wildman–Crippen LogP) is 3.67. The summed E-state index contributed by atoms with van der Waals surface area (Å²) >= 11 is 6.60. The van der Waals surface area contributed by atoms with Crippen molar-refractivity contribution in [1.82, 2.24) is 9.36 Å². The molecule has 0 bridgehead atoms. The van der Waals surface area contributed by atoms with Gasteiger partial charge in [0.15, 0.2) is 0 Å². The van der Waals surface area contributed by atoms with E-state index in [1.165, 1.54) is 17.3 Å². The average molecular weight is 348 g/mol. The van der Waals surface area contributed by atoms with E-state index in [2.05, 4.69) is 19.1 Å². The Hall–Kier alpha value is -1.53. The lowest BCUT2D eigenvalue weighted by molar-refractivity contribution is 0.468. The maximum absolute atomic E-state index is 13.0. The van der Waals surface area contributed by atoms with Crippen LogP contribution in [0, 0.1) is 20.8 Å². The number of hydrogen-bond donors (Lipinski definition) is 0. The maximum atomic E-state index is 13.0. The fourth-order valence-electron chi connectivity index (χ4n) is 3.40. The average Bonchev–Trinajstić information content (AvgIpc) is 3.04. The number of aromatic nitrogens is 2. The Kier molecular flexibility index (Phi) is 4.38. The van der Waals surface area contributed by atoms with E-state index in [1.807, 2.05) is 24.8 Å². The van der Waals surface area contributed by atoms with Gasteiger partial charge in [0.1, 0.15) is 5.56 Å². The van der Waals surface area contributed by atoms with Gasteiger partial charge in [-0.1, -0.05) is 29.5 Å². The number of rotatable bonds is 2. The fourth-order valence-corrected chi connectivity index (χ4v) is 3.64. The molecule has 1 aromatic carbocycles. The Morgan fingerprint density at radius 3 is 2.35 bits per heavy atom. The van der Waals surface area contributed by atoms with Crippen LogP contribution in [-0.4, -0.2) is 20.0 Å². The van der Waals surface area contributed by atoms with E-state index < -0.39 is 0 Å². The maximum Gasteiger partial charge on any atom is 0.278 e. The molecule has 0 radical (unpaired) electrons. The second-order valence-electron chi connectivity index (χ2n) is 5.92. The molecule has 0 atom stereocenters. The molecule has 4 nitrogen and oxygen atoms in total. The summed E-state index contributed by atoms with van der Waals surface area (Å²) in [6.45, 7) is 7.66. The quantitative estimate of drug-likeness (QED) is 0.776. The summed E-state index contributed by atoms with van der Waals surface area (Å²) in [6, 6.07) is 4.21. The number of aryl methyl sites for hydroxylation is 3. The summed E-state index contributed by atoms with van der Waals surface area (Å²) in [5.41, 5.74) is 4.98. The van der Waals surface area contributed by atoms with Crippen molar-refractivity contribution in [3.05, 3.63) is 39.2 Å². The van der Waals surface area contributed by atoms with E-state index in [0.717, 1.165) is 36.2 Å². The summed E-state index contributed by atoms with van der Waals surface area (Å²) in [5, 5.41) is 0. The Balaban J connectivity index is 2.28. The highest BCUT2D eigenvalue weighted by atomic mass is 32.2. The van der Waals surface area contributed by atoms with E-state index in [0.29, 0.717) is 15.8 Å². The zero-order valence-electron chi connectivity index (χ0n) is 13.8. The third-order valence-corrected chi connectivity index (χ3v) is 5.20. The molecule has 0 N–H and O–H groups in total. The minimum atomic E-state index is 0.0106. The SMILES string of the molecule is CSC(=S)Oc1c(-c2c(C)cc(C)cc2C)c(=O)n2n1CCC2. The summed E-state index contributed by atoms with van der Waals surface area (Å²) in [4.78, 5) is 13.0. The summed E-state index contributed by atoms with van der Waals surface area (Å²) < 4.78 is 10.0. The zero-order chi connectivity index (χ0) is 16.7. The number of ether oxygens (including phenoxy) is 1. The minimum absolute atomic E-state index is 0.0106. The smallest absolute Gasteiger partial charge is 0.278 e. The monoisotopic (exact) mass is 348 g/mol. The lowest BCUT2D eigenvalue weighted by Crippen LogP contribution is -2.17. The first-order chi connectivity index (χ1) is 10.9. The van der Waals surface area contributed by atoms with Gasteiger partial charge in [0.25, 0.3) is 5.56 Å². The zero-order valence-corrected chi connectivity index (χ0v) is 15.4. The first-order valence-electron chi connectivity index (χ1n) is 7.61. The first kappa shape index (κ1) is 16.3. The molecule has 6 heteroatoms. The highest BCUT2D eigenvalue weighted by molar-refractivity contribution is 8.22. The van der Waals surface area contributed by atoms with Gasteiger partial charge in [-0.3, -0.25) is 9.48 Å². The van der Waals surface area contributed by atoms with Gasteiger partial charge in [0.2, 0.25) is 10.3 Å². The molecule has 0 saturated carbocycles. The number of nitrogens with zero attached hydrogens (tertiary/aromatic N) is 2. The van der Waals surface area contributed by atoms with Gasteiger partial charge in [-0.2, -0.15) is 0 Å². The highest BCUT2D eigenvalue weighted by Crippen LogP contribution is 2.35. The van der Waals surface area contributed by atoms with E-state index in [9.17, 15) is 4.79 Å². The van der Waals surface area contributed by atoms with Crippen LogP contribution in [0.2, 0.25) is 0 Å². The number of hydrogen-bond acceptors (Lipinski definition) is 4. The second kappa shape index (κ2) is 6.17. The van der Waals surface area contributed by atoms with Crippen molar-refractivity contribution >= 4 is 28.4 Å². The highest BCUT2D eigenvalue weighted by Gasteiger charge is 2.28. The van der Waals surface area contributed by atoms with Crippen molar-refractivity contribution in [3.8, 4) is 17.0 Å². The molecular formula is C17H20N2O2S2. The van der Waals surface area contributed by atoms with Crippen molar-refractivity contribution in [2.75, 3.05) is 6.26 Å². The molecule has 0 spiro atoms. The molecule has 122 valence electrons. The molecule has 23 heavy (non-hydrogen) atoms. The van der Waals surface area contributed by atoms with Crippen LogP contribution in [0.4, 0.5) is 0 Å². The number of fused-ring (bicyclic) bond motifs is 1. The van der Waals surface area contributed by atoms with Gasteiger partial charge < -0.3 is 4.74 Å². The number of thiocarbonyl (C=S) groups is 1. The lowest BCUT2D eigenvalue weighted by Gasteiger charge is -2.13. The molecular weight excluding hydrogens is 328 g/mol. The molecule has 2 aromatic rings. The van der Waals surface area contributed by atoms with Crippen molar-refractivity contribution in [3.63, 3.8) is 0 Å². The fraction of sp³-hybridized carbons (Fsp3) is 0.412. The van der Waals surface area contributed by atoms with Gasteiger partial charge >= 0.3 is 0 Å². The normalized spacial score (nSPS) is 13.2. The van der Waals surface area contributed by atoms with Crippen LogP contribution in [0.15, 0.2) is 16.9 Å². The van der Waals surface area contributed by atoms with E-state index >= 15 is 0 Å². The molecule has 3 rings (SSSR count). The van der Waals surface area contributed by atoms with Crippen LogP contribution in [-0.2, 0) is 13.1 Å². The molecule has 0 fully saturated rings. The second-order valence-corrected chi connectivity index (χ2v) is 7.32. The van der Waals surface area contributed by atoms with E-state index in [-0.39, 0.29) is 5.56 Å². The molecule has 1 aromatic heterocycles. The molecule has 1 aliphatic heterocycles. The van der Waals surface area contributed by atoms with Crippen molar-refractivity contribution in [1.29, 1.82) is 0 Å². The van der Waals surface area contributed by atoms with Gasteiger partial charge in [-0.05, 0) is 62.4 Å². The minimum Gasteiger partial charge on any atom is -0.421 e.